The van der Waals surface area contributed by atoms with Gasteiger partial charge in [0.1, 0.15) is 23.7 Å². The number of hydrogen-bond acceptors (Lipinski definition) is 5. The van der Waals surface area contributed by atoms with Crippen molar-refractivity contribution >= 4 is 17.8 Å². The SMILES string of the molecule is Cc1cc(F)c(C(=O)Nc2cccc(-c3nncn3C(C)C)n2)cc1C1CC1NC(=O)O. The number of nitrogens with one attached hydrogen (secondary N) is 2. The second-order valence-electron chi connectivity index (χ2n) is 8.10. The predicted molar refractivity (Wildman–Crippen MR) is 115 cm³/mol. The minimum absolute atomic E-state index is 0.0814. The van der Waals surface area contributed by atoms with Crippen molar-refractivity contribution in [2.75, 3.05) is 5.32 Å². The third-order valence-corrected chi connectivity index (χ3v) is 5.45. The number of amides is 2. The molecule has 0 bridgehead atoms. The second-order valence-corrected chi connectivity index (χ2v) is 8.10. The van der Waals surface area contributed by atoms with Crippen molar-refractivity contribution in [2.45, 2.75) is 45.2 Å². The molecular formula is C22H23FN6O3. The normalized spacial score (nSPS) is 17.3. The average Bonchev–Trinajstić information content (AvgIpc) is 3.27. The van der Waals surface area contributed by atoms with Crippen LogP contribution in [0, 0.1) is 12.7 Å². The minimum atomic E-state index is -1.10. The van der Waals surface area contributed by atoms with E-state index >= 15 is 0 Å². The molecule has 2 amide bonds. The van der Waals surface area contributed by atoms with Crippen LogP contribution in [0.2, 0.25) is 0 Å². The summed E-state index contributed by atoms with van der Waals surface area (Å²) in [5.41, 5.74) is 1.83. The summed E-state index contributed by atoms with van der Waals surface area (Å²) in [7, 11) is 0. The van der Waals surface area contributed by atoms with Gasteiger partial charge in [0.15, 0.2) is 5.82 Å². The van der Waals surface area contributed by atoms with Crippen LogP contribution in [0.4, 0.5) is 15.0 Å². The van der Waals surface area contributed by atoms with Gasteiger partial charge in [-0.25, -0.2) is 14.2 Å². The third-order valence-electron chi connectivity index (χ3n) is 5.45. The van der Waals surface area contributed by atoms with Gasteiger partial charge in [0, 0.05) is 18.0 Å². The molecule has 3 N–H and O–H groups in total. The number of aryl methyl sites for hydroxylation is 1. The highest BCUT2D eigenvalue weighted by Crippen LogP contribution is 2.43. The molecule has 2 unspecified atom stereocenters. The molecule has 166 valence electrons. The number of carbonyl (C=O) groups excluding carboxylic acids is 1. The van der Waals surface area contributed by atoms with Crippen LogP contribution in [0.25, 0.3) is 11.5 Å². The van der Waals surface area contributed by atoms with Crippen molar-refractivity contribution in [3.05, 3.63) is 59.2 Å². The van der Waals surface area contributed by atoms with Crippen molar-refractivity contribution in [3.8, 4) is 11.5 Å². The maximum atomic E-state index is 14.6. The maximum absolute atomic E-state index is 14.6. The van der Waals surface area contributed by atoms with E-state index in [4.69, 9.17) is 5.11 Å². The molecule has 2 heterocycles. The first-order valence-electron chi connectivity index (χ1n) is 10.2. The lowest BCUT2D eigenvalue weighted by Gasteiger charge is -2.12. The monoisotopic (exact) mass is 438 g/mol. The Hall–Kier alpha value is -3.82. The summed E-state index contributed by atoms with van der Waals surface area (Å²) in [6.07, 6.45) is 1.12. The number of aromatic nitrogens is 4. The molecule has 0 saturated heterocycles. The highest BCUT2D eigenvalue weighted by atomic mass is 19.1. The molecule has 0 radical (unpaired) electrons. The summed E-state index contributed by atoms with van der Waals surface area (Å²) in [6.45, 7) is 5.73. The summed E-state index contributed by atoms with van der Waals surface area (Å²) in [5.74, 6) is -0.554. The van der Waals surface area contributed by atoms with Gasteiger partial charge in [0.05, 0.1) is 5.56 Å². The number of rotatable bonds is 6. The van der Waals surface area contributed by atoms with Crippen LogP contribution < -0.4 is 10.6 Å². The molecule has 2 aromatic heterocycles. The fourth-order valence-electron chi connectivity index (χ4n) is 3.74. The van der Waals surface area contributed by atoms with Gasteiger partial charge >= 0.3 is 6.09 Å². The average molecular weight is 438 g/mol. The summed E-state index contributed by atoms with van der Waals surface area (Å²) in [6, 6.07) is 7.78. The molecule has 1 aliphatic carbocycles. The van der Waals surface area contributed by atoms with Gasteiger partial charge in [-0.05, 0) is 62.6 Å². The van der Waals surface area contributed by atoms with Gasteiger partial charge in [-0.3, -0.25) is 4.79 Å². The molecule has 2 atom stereocenters. The Labute approximate surface area is 183 Å². The lowest BCUT2D eigenvalue weighted by atomic mass is 10.00. The molecule has 9 nitrogen and oxygen atoms in total. The number of carboxylic acid groups (broad SMARTS) is 1. The number of halogens is 1. The Bertz CT molecular complexity index is 1190. The van der Waals surface area contributed by atoms with Crippen LogP contribution >= 0.6 is 0 Å². The quantitative estimate of drug-likeness (QED) is 0.539. The van der Waals surface area contributed by atoms with E-state index in [0.717, 1.165) is 5.56 Å². The van der Waals surface area contributed by atoms with E-state index in [9.17, 15) is 14.0 Å². The molecular weight excluding hydrogens is 415 g/mol. The first kappa shape index (κ1) is 21.4. The van der Waals surface area contributed by atoms with Crippen molar-refractivity contribution in [3.63, 3.8) is 0 Å². The number of pyridine rings is 1. The van der Waals surface area contributed by atoms with Crippen LogP contribution in [-0.4, -0.2) is 42.9 Å². The second kappa shape index (κ2) is 8.37. The summed E-state index contributed by atoms with van der Waals surface area (Å²) in [4.78, 5) is 28.1. The number of anilines is 1. The highest BCUT2D eigenvalue weighted by molar-refractivity contribution is 6.04. The summed E-state index contributed by atoms with van der Waals surface area (Å²) in [5, 5.41) is 22.0. The molecule has 4 rings (SSSR count). The standard InChI is InChI=1S/C22H23FN6O3/c1-11(2)29-10-24-28-20(29)17-5-4-6-19(25-17)27-21(30)15-8-13(12(3)7-16(15)23)14-9-18(14)26-22(31)32/h4-8,10-11,14,18,26H,9H2,1-3H3,(H,31,32)(H,25,27,30). The van der Waals surface area contributed by atoms with E-state index in [0.29, 0.717) is 23.5 Å². The van der Waals surface area contributed by atoms with Gasteiger partial charge in [-0.15, -0.1) is 10.2 Å². The Morgan fingerprint density at radius 1 is 1.28 bits per heavy atom. The van der Waals surface area contributed by atoms with Gasteiger partial charge in [-0.1, -0.05) is 6.07 Å². The highest BCUT2D eigenvalue weighted by Gasteiger charge is 2.41. The molecule has 1 fully saturated rings. The summed E-state index contributed by atoms with van der Waals surface area (Å²) >= 11 is 0. The lowest BCUT2D eigenvalue weighted by molar-refractivity contribution is 0.102. The van der Waals surface area contributed by atoms with Crippen molar-refractivity contribution in [1.29, 1.82) is 0 Å². The Balaban J connectivity index is 1.56. The zero-order chi connectivity index (χ0) is 23.0. The number of nitrogens with zero attached hydrogens (tertiary/aromatic N) is 4. The Morgan fingerprint density at radius 2 is 2.06 bits per heavy atom. The molecule has 32 heavy (non-hydrogen) atoms. The van der Waals surface area contributed by atoms with Crippen LogP contribution in [0.5, 0.6) is 0 Å². The molecule has 1 aromatic carbocycles. The smallest absolute Gasteiger partial charge is 0.404 e. The fraction of sp³-hybridized carbons (Fsp3) is 0.318. The van der Waals surface area contributed by atoms with Crippen molar-refractivity contribution in [2.24, 2.45) is 0 Å². The zero-order valence-corrected chi connectivity index (χ0v) is 17.8. The lowest BCUT2D eigenvalue weighted by Crippen LogP contribution is -2.24. The third kappa shape index (κ3) is 4.29. The largest absolute Gasteiger partial charge is 0.465 e. The maximum Gasteiger partial charge on any atom is 0.404 e. The number of hydrogen-bond donors (Lipinski definition) is 3. The van der Waals surface area contributed by atoms with Crippen LogP contribution in [-0.2, 0) is 0 Å². The van der Waals surface area contributed by atoms with E-state index in [1.54, 1.807) is 31.5 Å². The van der Waals surface area contributed by atoms with E-state index in [-0.39, 0.29) is 29.4 Å². The Morgan fingerprint density at radius 3 is 2.78 bits per heavy atom. The number of carbonyl (C=O) groups is 2. The van der Waals surface area contributed by atoms with E-state index in [2.05, 4.69) is 25.8 Å². The molecule has 1 saturated carbocycles. The van der Waals surface area contributed by atoms with Gasteiger partial charge in [-0.2, -0.15) is 0 Å². The molecule has 3 aromatic rings. The van der Waals surface area contributed by atoms with Crippen LogP contribution in [0.1, 0.15) is 53.7 Å². The number of benzene rings is 1. The van der Waals surface area contributed by atoms with Gasteiger partial charge in [0.25, 0.3) is 5.91 Å². The van der Waals surface area contributed by atoms with E-state index in [1.165, 1.54) is 12.1 Å². The fourth-order valence-corrected chi connectivity index (χ4v) is 3.74. The van der Waals surface area contributed by atoms with Crippen molar-refractivity contribution in [1.82, 2.24) is 25.1 Å². The molecule has 1 aliphatic rings. The molecule has 10 heteroatoms. The first-order valence-corrected chi connectivity index (χ1v) is 10.2. The minimum Gasteiger partial charge on any atom is -0.465 e. The van der Waals surface area contributed by atoms with Gasteiger partial charge < -0.3 is 20.3 Å². The van der Waals surface area contributed by atoms with Crippen LogP contribution in [0.3, 0.4) is 0 Å². The molecule has 0 aliphatic heterocycles. The topological polar surface area (TPSA) is 122 Å². The first-order chi connectivity index (χ1) is 15.2. The Kier molecular flexibility index (Phi) is 5.60. The summed E-state index contributed by atoms with van der Waals surface area (Å²) < 4.78 is 16.5. The van der Waals surface area contributed by atoms with Crippen LogP contribution in [0.15, 0.2) is 36.7 Å². The predicted octanol–water partition coefficient (Wildman–Crippen LogP) is 3.74. The van der Waals surface area contributed by atoms with Gasteiger partial charge in [0.2, 0.25) is 0 Å². The van der Waals surface area contributed by atoms with E-state index < -0.39 is 17.8 Å². The molecule has 0 spiro atoms. The zero-order valence-electron chi connectivity index (χ0n) is 17.8. The van der Waals surface area contributed by atoms with Crippen molar-refractivity contribution < 1.29 is 19.1 Å². The van der Waals surface area contributed by atoms with E-state index in [1.807, 2.05) is 18.4 Å².